The predicted octanol–water partition coefficient (Wildman–Crippen LogP) is -0.507. The van der Waals surface area contributed by atoms with E-state index in [9.17, 15) is 13.2 Å². The molecule has 2 aliphatic rings. The molecule has 0 radical (unpaired) electrons. The maximum atomic E-state index is 11.8. The number of fused-ring (bicyclic) bond motifs is 1. The molecule has 98 valence electrons. The third kappa shape index (κ3) is 2.20. The Labute approximate surface area is 105 Å². The van der Waals surface area contributed by atoms with Crippen LogP contribution in [0.25, 0.3) is 0 Å². The van der Waals surface area contributed by atoms with Gasteiger partial charge in [0.05, 0.1) is 22.8 Å². The van der Waals surface area contributed by atoms with Crippen LogP contribution in [0.3, 0.4) is 0 Å². The average Bonchev–Trinajstić information content (AvgIpc) is 2.85. The van der Waals surface area contributed by atoms with Crippen molar-refractivity contribution in [2.75, 3.05) is 6.54 Å². The zero-order valence-electron chi connectivity index (χ0n) is 9.90. The van der Waals surface area contributed by atoms with Gasteiger partial charge in [-0.15, -0.1) is 0 Å². The zero-order chi connectivity index (χ0) is 12.8. The molecule has 1 atom stereocenters. The second kappa shape index (κ2) is 4.17. The maximum Gasteiger partial charge on any atom is 0.255 e. The lowest BCUT2D eigenvalue weighted by Gasteiger charge is -2.09. The van der Waals surface area contributed by atoms with E-state index >= 15 is 0 Å². The van der Waals surface area contributed by atoms with E-state index in [1.807, 2.05) is 0 Å². The summed E-state index contributed by atoms with van der Waals surface area (Å²) in [5.41, 5.74) is 0.457. The molecule has 1 aromatic rings. The van der Waals surface area contributed by atoms with Crippen LogP contribution in [-0.2, 0) is 27.8 Å². The van der Waals surface area contributed by atoms with E-state index < -0.39 is 9.84 Å². The van der Waals surface area contributed by atoms with Crippen molar-refractivity contribution in [3.8, 4) is 0 Å². The van der Waals surface area contributed by atoms with Gasteiger partial charge in [-0.05, 0) is 19.4 Å². The minimum absolute atomic E-state index is 0.0999. The highest BCUT2D eigenvalue weighted by Gasteiger charge is 2.29. The third-order valence-electron chi connectivity index (χ3n) is 3.47. The van der Waals surface area contributed by atoms with Crippen molar-refractivity contribution in [2.24, 2.45) is 0 Å². The van der Waals surface area contributed by atoms with Crippen LogP contribution in [0.1, 0.15) is 29.9 Å². The molecular formula is C11H15N3O3S. The van der Waals surface area contributed by atoms with Gasteiger partial charge >= 0.3 is 0 Å². The summed E-state index contributed by atoms with van der Waals surface area (Å²) in [6.07, 6.45) is 2.86. The van der Waals surface area contributed by atoms with Crippen molar-refractivity contribution >= 4 is 9.84 Å². The first-order valence-electron chi connectivity index (χ1n) is 6.08. The fraction of sp³-hybridized carbons (Fsp3) is 0.636. The highest BCUT2D eigenvalue weighted by atomic mass is 32.2. The van der Waals surface area contributed by atoms with Crippen LogP contribution in [0.15, 0.2) is 4.79 Å². The van der Waals surface area contributed by atoms with E-state index in [1.54, 1.807) is 0 Å². The van der Waals surface area contributed by atoms with Crippen LogP contribution in [0, 0.1) is 0 Å². The summed E-state index contributed by atoms with van der Waals surface area (Å²) >= 11 is 0. The van der Waals surface area contributed by atoms with E-state index in [0.29, 0.717) is 29.5 Å². The SMILES string of the molecule is O=c1[nH]c(CC2CCCN2)nc2c1CS(=O)(=O)C2. The fourth-order valence-electron chi connectivity index (χ4n) is 2.60. The standard InChI is InChI=1S/C11H15N3O3S/c15-11-8-5-18(16,17)6-9(8)13-10(14-11)4-7-2-1-3-12-7/h7,12H,1-6H2,(H,13,14,15). The summed E-state index contributed by atoms with van der Waals surface area (Å²) in [4.78, 5) is 18.8. The molecule has 0 aliphatic carbocycles. The second-order valence-electron chi connectivity index (χ2n) is 4.97. The van der Waals surface area contributed by atoms with Crippen LogP contribution in [0.4, 0.5) is 0 Å². The number of sulfone groups is 1. The van der Waals surface area contributed by atoms with Crippen LogP contribution >= 0.6 is 0 Å². The average molecular weight is 269 g/mol. The quantitative estimate of drug-likeness (QED) is 0.754. The van der Waals surface area contributed by atoms with E-state index in [0.717, 1.165) is 19.4 Å². The van der Waals surface area contributed by atoms with E-state index in [-0.39, 0.29) is 17.1 Å². The highest BCUT2D eigenvalue weighted by Crippen LogP contribution is 2.20. The summed E-state index contributed by atoms with van der Waals surface area (Å²) in [5.74, 6) is 0.319. The predicted molar refractivity (Wildman–Crippen MR) is 65.9 cm³/mol. The Morgan fingerprint density at radius 3 is 2.89 bits per heavy atom. The first kappa shape index (κ1) is 11.9. The van der Waals surface area contributed by atoms with Crippen LogP contribution in [0.2, 0.25) is 0 Å². The normalized spacial score (nSPS) is 25.2. The Kier molecular flexibility index (Phi) is 2.74. The van der Waals surface area contributed by atoms with E-state index in [2.05, 4.69) is 15.3 Å². The van der Waals surface area contributed by atoms with Gasteiger partial charge in [0, 0.05) is 12.5 Å². The summed E-state index contributed by atoms with van der Waals surface area (Å²) in [5, 5.41) is 3.33. The van der Waals surface area contributed by atoms with Crippen molar-refractivity contribution in [1.29, 1.82) is 0 Å². The minimum atomic E-state index is -3.17. The molecule has 0 amide bonds. The maximum absolute atomic E-state index is 11.8. The fourth-order valence-corrected chi connectivity index (χ4v) is 4.10. The molecule has 6 nitrogen and oxygen atoms in total. The lowest BCUT2D eigenvalue weighted by atomic mass is 10.1. The van der Waals surface area contributed by atoms with Gasteiger partial charge in [-0.1, -0.05) is 0 Å². The zero-order valence-corrected chi connectivity index (χ0v) is 10.7. The molecule has 0 spiro atoms. The molecule has 1 saturated heterocycles. The van der Waals surface area contributed by atoms with Crippen LogP contribution in [0.5, 0.6) is 0 Å². The van der Waals surface area contributed by atoms with Gasteiger partial charge in [0.25, 0.3) is 5.56 Å². The van der Waals surface area contributed by atoms with Gasteiger partial charge in [0.1, 0.15) is 5.82 Å². The molecule has 0 saturated carbocycles. The van der Waals surface area contributed by atoms with Crippen molar-refractivity contribution in [3.05, 3.63) is 27.4 Å². The topological polar surface area (TPSA) is 91.9 Å². The number of hydrogen-bond donors (Lipinski definition) is 2. The first-order chi connectivity index (χ1) is 8.53. The van der Waals surface area contributed by atoms with E-state index in [4.69, 9.17) is 0 Å². The highest BCUT2D eigenvalue weighted by molar-refractivity contribution is 7.90. The Balaban J connectivity index is 1.91. The third-order valence-corrected chi connectivity index (χ3v) is 4.91. The molecule has 3 heterocycles. The Hall–Kier alpha value is -1.21. The van der Waals surface area contributed by atoms with Crippen molar-refractivity contribution in [2.45, 2.75) is 36.8 Å². The molecule has 1 fully saturated rings. The van der Waals surface area contributed by atoms with Crippen molar-refractivity contribution < 1.29 is 8.42 Å². The molecule has 2 N–H and O–H groups in total. The lowest BCUT2D eigenvalue weighted by Crippen LogP contribution is -2.27. The summed E-state index contributed by atoms with van der Waals surface area (Å²) in [6, 6.07) is 0.337. The Morgan fingerprint density at radius 1 is 1.33 bits per heavy atom. The van der Waals surface area contributed by atoms with Gasteiger partial charge in [0.2, 0.25) is 0 Å². The summed E-state index contributed by atoms with van der Waals surface area (Å²) < 4.78 is 23.0. The number of rotatable bonds is 2. The molecule has 3 rings (SSSR count). The number of aromatic nitrogens is 2. The van der Waals surface area contributed by atoms with Crippen LogP contribution in [-0.4, -0.2) is 31.0 Å². The smallest absolute Gasteiger partial charge is 0.255 e. The molecule has 1 aromatic heterocycles. The number of hydrogen-bond acceptors (Lipinski definition) is 5. The molecular weight excluding hydrogens is 254 g/mol. The number of nitrogens with one attached hydrogen (secondary N) is 2. The monoisotopic (exact) mass is 269 g/mol. The molecule has 2 aliphatic heterocycles. The van der Waals surface area contributed by atoms with Crippen molar-refractivity contribution in [3.63, 3.8) is 0 Å². The number of nitrogens with zero attached hydrogens (tertiary/aromatic N) is 1. The largest absolute Gasteiger partial charge is 0.314 e. The van der Waals surface area contributed by atoms with Crippen molar-refractivity contribution in [1.82, 2.24) is 15.3 Å². The molecule has 0 aromatic carbocycles. The first-order valence-corrected chi connectivity index (χ1v) is 7.90. The molecule has 1 unspecified atom stereocenters. The number of H-pyrrole nitrogens is 1. The Bertz CT molecular complexity index is 629. The van der Waals surface area contributed by atoms with Gasteiger partial charge in [0.15, 0.2) is 9.84 Å². The molecule has 0 bridgehead atoms. The number of aromatic amines is 1. The summed E-state index contributed by atoms with van der Waals surface area (Å²) in [7, 11) is -3.17. The minimum Gasteiger partial charge on any atom is -0.314 e. The van der Waals surface area contributed by atoms with Gasteiger partial charge in [-0.2, -0.15) is 0 Å². The van der Waals surface area contributed by atoms with Gasteiger partial charge < -0.3 is 10.3 Å². The second-order valence-corrected chi connectivity index (χ2v) is 7.03. The van der Waals surface area contributed by atoms with E-state index in [1.165, 1.54) is 0 Å². The molecule has 18 heavy (non-hydrogen) atoms. The Morgan fingerprint density at radius 2 is 2.17 bits per heavy atom. The lowest BCUT2D eigenvalue weighted by molar-refractivity contribution is 0.582. The summed E-state index contributed by atoms with van der Waals surface area (Å²) in [6.45, 7) is 0.994. The van der Waals surface area contributed by atoms with Crippen LogP contribution < -0.4 is 10.9 Å². The van der Waals surface area contributed by atoms with Gasteiger partial charge in [-0.3, -0.25) is 4.79 Å². The van der Waals surface area contributed by atoms with Gasteiger partial charge in [-0.25, -0.2) is 13.4 Å². The molecule has 7 heteroatoms.